The fraction of sp³-hybridized carbons (Fsp3) is 0.455. The minimum absolute atomic E-state index is 0.375. The standard InChI is InChI=1S/C11H13BrClN3O/c1-2-17-4-3-16-10(6-13)15-9-5-8(12)7-14-11(9)16/h5,7H,2-4,6H2,1H3. The molecule has 0 aromatic carbocycles. The van der Waals surface area contributed by atoms with Crippen LogP contribution in [0, 0.1) is 0 Å². The van der Waals surface area contributed by atoms with E-state index in [0.29, 0.717) is 19.1 Å². The summed E-state index contributed by atoms with van der Waals surface area (Å²) in [6.45, 7) is 4.05. The van der Waals surface area contributed by atoms with Gasteiger partial charge in [-0.25, -0.2) is 9.97 Å². The van der Waals surface area contributed by atoms with Crippen LogP contribution >= 0.6 is 27.5 Å². The van der Waals surface area contributed by atoms with Crippen molar-refractivity contribution in [2.75, 3.05) is 13.2 Å². The summed E-state index contributed by atoms with van der Waals surface area (Å²) < 4.78 is 8.27. The zero-order valence-electron chi connectivity index (χ0n) is 9.49. The van der Waals surface area contributed by atoms with Gasteiger partial charge in [-0.1, -0.05) is 0 Å². The highest BCUT2D eigenvalue weighted by molar-refractivity contribution is 9.10. The molecule has 6 heteroatoms. The Hall–Kier alpha value is -0.650. The van der Waals surface area contributed by atoms with E-state index in [0.717, 1.165) is 28.0 Å². The van der Waals surface area contributed by atoms with Gasteiger partial charge in [-0.3, -0.25) is 0 Å². The molecule has 17 heavy (non-hydrogen) atoms. The van der Waals surface area contributed by atoms with Crippen molar-refractivity contribution in [2.45, 2.75) is 19.3 Å². The normalized spacial score (nSPS) is 11.2. The number of alkyl halides is 1. The van der Waals surface area contributed by atoms with E-state index in [2.05, 4.69) is 25.9 Å². The van der Waals surface area contributed by atoms with Crippen LogP contribution in [0.25, 0.3) is 11.2 Å². The number of halogens is 2. The molecule has 2 heterocycles. The molecular weight excluding hydrogens is 305 g/mol. The van der Waals surface area contributed by atoms with Crippen LogP contribution in [-0.2, 0) is 17.2 Å². The lowest BCUT2D eigenvalue weighted by Gasteiger charge is -2.06. The summed E-state index contributed by atoms with van der Waals surface area (Å²) in [5.41, 5.74) is 1.70. The van der Waals surface area contributed by atoms with Crippen molar-refractivity contribution in [3.63, 3.8) is 0 Å². The lowest BCUT2D eigenvalue weighted by atomic mass is 10.4. The first-order valence-electron chi connectivity index (χ1n) is 5.40. The van der Waals surface area contributed by atoms with Gasteiger partial charge < -0.3 is 9.30 Å². The molecule has 0 saturated carbocycles. The first-order valence-corrected chi connectivity index (χ1v) is 6.73. The number of pyridine rings is 1. The summed E-state index contributed by atoms with van der Waals surface area (Å²) in [7, 11) is 0. The SMILES string of the molecule is CCOCCn1c(CCl)nc2cc(Br)cnc21. The average molecular weight is 319 g/mol. The van der Waals surface area contributed by atoms with Gasteiger partial charge in [0, 0.05) is 23.8 Å². The molecule has 0 saturated heterocycles. The van der Waals surface area contributed by atoms with Crippen LogP contribution in [0.3, 0.4) is 0 Å². The van der Waals surface area contributed by atoms with Gasteiger partial charge in [0.15, 0.2) is 5.65 Å². The molecule has 0 bridgehead atoms. The molecule has 2 aromatic rings. The van der Waals surface area contributed by atoms with Crippen LogP contribution < -0.4 is 0 Å². The molecule has 2 aromatic heterocycles. The second kappa shape index (κ2) is 5.80. The van der Waals surface area contributed by atoms with Gasteiger partial charge in [0.05, 0.1) is 12.5 Å². The molecule has 0 N–H and O–H groups in total. The van der Waals surface area contributed by atoms with E-state index in [1.165, 1.54) is 0 Å². The summed E-state index contributed by atoms with van der Waals surface area (Å²) in [5, 5.41) is 0. The van der Waals surface area contributed by atoms with E-state index in [1.54, 1.807) is 6.20 Å². The molecular formula is C11H13BrClN3O. The monoisotopic (exact) mass is 317 g/mol. The van der Waals surface area contributed by atoms with Gasteiger partial charge in [-0.2, -0.15) is 0 Å². The van der Waals surface area contributed by atoms with Crippen molar-refractivity contribution in [1.82, 2.24) is 14.5 Å². The Morgan fingerprint density at radius 3 is 3.06 bits per heavy atom. The molecule has 0 amide bonds. The van der Waals surface area contributed by atoms with Gasteiger partial charge in [0.25, 0.3) is 0 Å². The largest absolute Gasteiger partial charge is 0.380 e. The Kier molecular flexibility index (Phi) is 4.36. The van der Waals surface area contributed by atoms with Crippen molar-refractivity contribution in [3.05, 3.63) is 22.6 Å². The van der Waals surface area contributed by atoms with Gasteiger partial charge >= 0.3 is 0 Å². The summed E-state index contributed by atoms with van der Waals surface area (Å²) in [6.07, 6.45) is 1.76. The lowest BCUT2D eigenvalue weighted by molar-refractivity contribution is 0.139. The maximum absolute atomic E-state index is 5.89. The van der Waals surface area contributed by atoms with Crippen molar-refractivity contribution in [1.29, 1.82) is 0 Å². The van der Waals surface area contributed by atoms with Crippen molar-refractivity contribution in [2.24, 2.45) is 0 Å². The maximum atomic E-state index is 5.89. The Bertz CT molecular complexity index is 515. The number of hydrogen-bond acceptors (Lipinski definition) is 3. The molecule has 2 rings (SSSR count). The second-order valence-electron chi connectivity index (χ2n) is 3.51. The topological polar surface area (TPSA) is 39.9 Å². The Morgan fingerprint density at radius 1 is 1.53 bits per heavy atom. The lowest BCUT2D eigenvalue weighted by Crippen LogP contribution is -2.09. The second-order valence-corrected chi connectivity index (χ2v) is 4.69. The molecule has 0 atom stereocenters. The number of aromatic nitrogens is 3. The molecule has 0 aliphatic heterocycles. The van der Waals surface area contributed by atoms with Crippen LogP contribution in [-0.4, -0.2) is 27.7 Å². The van der Waals surface area contributed by atoms with Crippen LogP contribution in [0.4, 0.5) is 0 Å². The number of imidazole rings is 1. The first-order chi connectivity index (χ1) is 8.26. The Labute approximate surface area is 113 Å². The minimum Gasteiger partial charge on any atom is -0.380 e. The predicted octanol–water partition coefficient (Wildman–Crippen LogP) is 2.97. The number of hydrogen-bond donors (Lipinski definition) is 0. The number of rotatable bonds is 5. The molecule has 0 unspecified atom stereocenters. The summed E-state index contributed by atoms with van der Waals surface area (Å²) in [4.78, 5) is 8.82. The third-order valence-corrected chi connectivity index (χ3v) is 3.09. The van der Waals surface area contributed by atoms with E-state index in [4.69, 9.17) is 16.3 Å². The molecule has 0 aliphatic rings. The highest BCUT2D eigenvalue weighted by Crippen LogP contribution is 2.19. The predicted molar refractivity (Wildman–Crippen MR) is 71.3 cm³/mol. The molecule has 92 valence electrons. The maximum Gasteiger partial charge on any atom is 0.160 e. The van der Waals surface area contributed by atoms with Crippen LogP contribution in [0.15, 0.2) is 16.7 Å². The van der Waals surface area contributed by atoms with Crippen molar-refractivity contribution in [3.8, 4) is 0 Å². The van der Waals surface area contributed by atoms with Crippen LogP contribution in [0.1, 0.15) is 12.7 Å². The number of fused-ring (bicyclic) bond motifs is 1. The van der Waals surface area contributed by atoms with E-state index < -0.39 is 0 Å². The van der Waals surface area contributed by atoms with Crippen LogP contribution in [0.2, 0.25) is 0 Å². The van der Waals surface area contributed by atoms with Crippen molar-refractivity contribution >= 4 is 38.7 Å². The van der Waals surface area contributed by atoms with Gasteiger partial charge in [0.1, 0.15) is 11.3 Å². The van der Waals surface area contributed by atoms with E-state index in [1.807, 2.05) is 17.6 Å². The third kappa shape index (κ3) is 2.78. The number of ether oxygens (including phenoxy) is 1. The fourth-order valence-electron chi connectivity index (χ4n) is 1.67. The molecule has 0 spiro atoms. The van der Waals surface area contributed by atoms with Gasteiger partial charge in [-0.15, -0.1) is 11.6 Å². The summed E-state index contributed by atoms with van der Waals surface area (Å²) in [5.74, 6) is 1.20. The average Bonchev–Trinajstić information content (AvgIpc) is 2.67. The van der Waals surface area contributed by atoms with E-state index in [9.17, 15) is 0 Å². The van der Waals surface area contributed by atoms with Crippen molar-refractivity contribution < 1.29 is 4.74 Å². The quantitative estimate of drug-likeness (QED) is 0.628. The summed E-state index contributed by atoms with van der Waals surface area (Å²) >= 11 is 9.28. The molecule has 0 fully saturated rings. The zero-order valence-corrected chi connectivity index (χ0v) is 11.8. The highest BCUT2D eigenvalue weighted by Gasteiger charge is 2.11. The Balaban J connectivity index is 2.36. The zero-order chi connectivity index (χ0) is 12.3. The van der Waals surface area contributed by atoms with Gasteiger partial charge in [0.2, 0.25) is 0 Å². The van der Waals surface area contributed by atoms with E-state index in [-0.39, 0.29) is 0 Å². The smallest absolute Gasteiger partial charge is 0.160 e. The molecule has 4 nitrogen and oxygen atoms in total. The van der Waals surface area contributed by atoms with Crippen LogP contribution in [0.5, 0.6) is 0 Å². The molecule has 0 radical (unpaired) electrons. The fourth-order valence-corrected chi connectivity index (χ4v) is 2.19. The highest BCUT2D eigenvalue weighted by atomic mass is 79.9. The third-order valence-electron chi connectivity index (χ3n) is 2.41. The molecule has 0 aliphatic carbocycles. The van der Waals surface area contributed by atoms with Gasteiger partial charge in [-0.05, 0) is 28.9 Å². The number of nitrogens with zero attached hydrogens (tertiary/aromatic N) is 3. The summed E-state index contributed by atoms with van der Waals surface area (Å²) in [6, 6.07) is 1.94. The first kappa shape index (κ1) is 12.8. The minimum atomic E-state index is 0.375. The Morgan fingerprint density at radius 2 is 2.35 bits per heavy atom. The van der Waals surface area contributed by atoms with E-state index >= 15 is 0 Å².